The Hall–Kier alpha value is -2.51. The Bertz CT molecular complexity index is 735. The van der Waals surface area contributed by atoms with Crippen molar-refractivity contribution in [1.82, 2.24) is 10.3 Å². The number of methoxy groups -OCH3 is 1. The van der Waals surface area contributed by atoms with Crippen LogP contribution >= 0.6 is 0 Å². The van der Waals surface area contributed by atoms with E-state index >= 15 is 0 Å². The summed E-state index contributed by atoms with van der Waals surface area (Å²) in [6, 6.07) is 7.45. The van der Waals surface area contributed by atoms with Gasteiger partial charge in [-0.3, -0.25) is 9.78 Å². The van der Waals surface area contributed by atoms with Gasteiger partial charge in [-0.1, -0.05) is 6.07 Å². The lowest BCUT2D eigenvalue weighted by atomic mass is 10.1. The molecule has 136 valence electrons. The van der Waals surface area contributed by atoms with Crippen molar-refractivity contribution >= 4 is 22.5 Å². The summed E-state index contributed by atoms with van der Waals surface area (Å²) in [5, 5.41) is 6.09. The molecule has 25 heavy (non-hydrogen) atoms. The minimum atomic E-state index is -4.84. The standard InChI is InChI=1S/C17H20F3N3O2/c1-11(5-3-8-22-16(24)17(18,19)20)23-14-10-13(25-2)9-12-6-4-7-21-15(12)14/h4,6-7,9-11,23H,3,5,8H2,1-2H3,(H,22,24). The van der Waals surface area contributed by atoms with Crippen molar-refractivity contribution < 1.29 is 22.7 Å². The van der Waals surface area contributed by atoms with E-state index in [1.807, 2.05) is 36.5 Å². The van der Waals surface area contributed by atoms with E-state index in [4.69, 9.17) is 4.74 Å². The normalized spacial score (nSPS) is 12.7. The number of fused-ring (bicyclic) bond motifs is 1. The van der Waals surface area contributed by atoms with Crippen molar-refractivity contribution in [2.75, 3.05) is 19.0 Å². The Balaban J connectivity index is 1.93. The zero-order valence-corrected chi connectivity index (χ0v) is 14.0. The molecule has 2 N–H and O–H groups in total. The van der Waals surface area contributed by atoms with Crippen molar-refractivity contribution in [1.29, 1.82) is 0 Å². The molecule has 1 atom stereocenters. The van der Waals surface area contributed by atoms with Crippen molar-refractivity contribution in [3.05, 3.63) is 30.5 Å². The summed E-state index contributed by atoms with van der Waals surface area (Å²) < 4.78 is 41.6. The van der Waals surface area contributed by atoms with Crippen LogP contribution in [0, 0.1) is 0 Å². The number of pyridine rings is 1. The molecule has 1 aromatic carbocycles. The third kappa shape index (κ3) is 5.23. The zero-order chi connectivity index (χ0) is 18.4. The van der Waals surface area contributed by atoms with Gasteiger partial charge in [-0.2, -0.15) is 13.2 Å². The molecule has 0 fully saturated rings. The van der Waals surface area contributed by atoms with E-state index in [0.29, 0.717) is 18.6 Å². The summed E-state index contributed by atoms with van der Waals surface area (Å²) in [4.78, 5) is 15.1. The fourth-order valence-corrected chi connectivity index (χ4v) is 2.44. The highest BCUT2D eigenvalue weighted by molar-refractivity contribution is 5.91. The summed E-state index contributed by atoms with van der Waals surface area (Å²) in [5.41, 5.74) is 1.59. The van der Waals surface area contributed by atoms with Gasteiger partial charge in [-0.05, 0) is 31.9 Å². The van der Waals surface area contributed by atoms with E-state index < -0.39 is 12.1 Å². The fraction of sp³-hybridized carbons (Fsp3) is 0.412. The number of nitrogens with one attached hydrogen (secondary N) is 2. The highest BCUT2D eigenvalue weighted by Crippen LogP contribution is 2.28. The number of amides is 1. The molecular formula is C17H20F3N3O2. The van der Waals surface area contributed by atoms with E-state index in [2.05, 4.69) is 10.3 Å². The molecule has 5 nitrogen and oxygen atoms in total. The van der Waals surface area contributed by atoms with Gasteiger partial charge in [0.1, 0.15) is 5.75 Å². The van der Waals surface area contributed by atoms with Crippen LogP contribution in [0.1, 0.15) is 19.8 Å². The second-order valence-electron chi connectivity index (χ2n) is 5.69. The third-order valence-corrected chi connectivity index (χ3v) is 3.67. The van der Waals surface area contributed by atoms with Crippen LogP contribution in [-0.2, 0) is 4.79 Å². The molecule has 0 bridgehead atoms. The molecule has 1 heterocycles. The topological polar surface area (TPSA) is 63.2 Å². The second kappa shape index (κ2) is 8.04. The van der Waals surface area contributed by atoms with Crippen LogP contribution < -0.4 is 15.4 Å². The van der Waals surface area contributed by atoms with Crippen LogP contribution in [0.5, 0.6) is 5.75 Å². The summed E-state index contributed by atoms with van der Waals surface area (Å²) in [6.45, 7) is 1.89. The van der Waals surface area contributed by atoms with Gasteiger partial charge in [-0.15, -0.1) is 0 Å². The Labute approximate surface area is 143 Å². The van der Waals surface area contributed by atoms with Crippen LogP contribution in [0.2, 0.25) is 0 Å². The minimum Gasteiger partial charge on any atom is -0.497 e. The van der Waals surface area contributed by atoms with Crippen LogP contribution in [0.15, 0.2) is 30.5 Å². The lowest BCUT2D eigenvalue weighted by molar-refractivity contribution is -0.173. The van der Waals surface area contributed by atoms with E-state index in [0.717, 1.165) is 16.6 Å². The summed E-state index contributed by atoms with van der Waals surface area (Å²) in [7, 11) is 1.58. The number of nitrogens with zero attached hydrogens (tertiary/aromatic N) is 1. The molecule has 0 aliphatic rings. The van der Waals surface area contributed by atoms with Gasteiger partial charge in [0.05, 0.1) is 18.3 Å². The molecule has 2 rings (SSSR count). The van der Waals surface area contributed by atoms with Gasteiger partial charge in [0.25, 0.3) is 0 Å². The van der Waals surface area contributed by atoms with Crippen molar-refractivity contribution in [3.63, 3.8) is 0 Å². The predicted octanol–water partition coefficient (Wildman–Crippen LogP) is 3.50. The van der Waals surface area contributed by atoms with Gasteiger partial charge < -0.3 is 15.4 Å². The number of halogens is 3. The number of carbonyl (C=O) groups is 1. The van der Waals surface area contributed by atoms with E-state index in [1.165, 1.54) is 0 Å². The first kappa shape index (κ1) is 18.8. The third-order valence-electron chi connectivity index (χ3n) is 3.67. The van der Waals surface area contributed by atoms with Crippen LogP contribution in [-0.4, -0.2) is 36.8 Å². The lowest BCUT2D eigenvalue weighted by Gasteiger charge is -2.17. The molecule has 0 aliphatic carbocycles. The zero-order valence-electron chi connectivity index (χ0n) is 14.0. The molecule has 8 heteroatoms. The van der Waals surface area contributed by atoms with E-state index in [1.54, 1.807) is 13.3 Å². The number of ether oxygens (including phenoxy) is 1. The molecule has 2 aromatic rings. The molecule has 1 amide bonds. The molecule has 1 unspecified atom stereocenters. The SMILES string of the molecule is COc1cc(NC(C)CCCNC(=O)C(F)(F)F)c2ncccc2c1. The summed E-state index contributed by atoms with van der Waals surface area (Å²) >= 11 is 0. The first-order valence-electron chi connectivity index (χ1n) is 7.85. The van der Waals surface area contributed by atoms with Crippen molar-refractivity contribution in [3.8, 4) is 5.75 Å². The maximum Gasteiger partial charge on any atom is 0.471 e. The first-order valence-corrected chi connectivity index (χ1v) is 7.85. The fourth-order valence-electron chi connectivity index (χ4n) is 2.44. The molecule has 0 aliphatic heterocycles. The largest absolute Gasteiger partial charge is 0.497 e. The number of benzene rings is 1. The average Bonchev–Trinajstić information content (AvgIpc) is 2.57. The van der Waals surface area contributed by atoms with Gasteiger partial charge in [-0.25, -0.2) is 0 Å². The molecule has 0 spiro atoms. The maximum atomic E-state index is 12.1. The Morgan fingerprint density at radius 3 is 2.80 bits per heavy atom. The number of alkyl halides is 3. The number of anilines is 1. The Morgan fingerprint density at radius 2 is 2.12 bits per heavy atom. The second-order valence-corrected chi connectivity index (χ2v) is 5.69. The quantitative estimate of drug-likeness (QED) is 0.746. The van der Waals surface area contributed by atoms with Gasteiger partial charge in [0.15, 0.2) is 0 Å². The smallest absolute Gasteiger partial charge is 0.471 e. The first-order chi connectivity index (χ1) is 11.8. The van der Waals surface area contributed by atoms with E-state index in [-0.39, 0.29) is 12.6 Å². The van der Waals surface area contributed by atoms with Crippen molar-refractivity contribution in [2.24, 2.45) is 0 Å². The molecule has 1 aromatic heterocycles. The Kier molecular flexibility index (Phi) is 6.06. The highest BCUT2D eigenvalue weighted by Gasteiger charge is 2.38. The predicted molar refractivity (Wildman–Crippen MR) is 89.7 cm³/mol. The molecule has 0 saturated carbocycles. The maximum absolute atomic E-state index is 12.1. The monoisotopic (exact) mass is 355 g/mol. The average molecular weight is 355 g/mol. The van der Waals surface area contributed by atoms with Crippen molar-refractivity contribution in [2.45, 2.75) is 32.0 Å². The minimum absolute atomic E-state index is 0.0138. The van der Waals surface area contributed by atoms with Gasteiger partial charge in [0.2, 0.25) is 0 Å². The number of carbonyl (C=O) groups excluding carboxylic acids is 1. The lowest BCUT2D eigenvalue weighted by Crippen LogP contribution is -2.37. The van der Waals surface area contributed by atoms with Crippen LogP contribution in [0.4, 0.5) is 18.9 Å². The summed E-state index contributed by atoms with van der Waals surface area (Å²) in [6.07, 6.45) is -2.14. The molecule has 0 radical (unpaired) electrons. The van der Waals surface area contributed by atoms with E-state index in [9.17, 15) is 18.0 Å². The highest BCUT2D eigenvalue weighted by atomic mass is 19.4. The molecular weight excluding hydrogens is 335 g/mol. The number of aromatic nitrogens is 1. The van der Waals surface area contributed by atoms with Gasteiger partial charge >= 0.3 is 12.1 Å². The Morgan fingerprint density at radius 1 is 1.36 bits per heavy atom. The molecule has 0 saturated heterocycles. The summed E-state index contributed by atoms with van der Waals surface area (Å²) in [5.74, 6) is -1.22. The van der Waals surface area contributed by atoms with Crippen LogP contribution in [0.3, 0.4) is 0 Å². The number of hydrogen-bond donors (Lipinski definition) is 2. The van der Waals surface area contributed by atoms with Crippen LogP contribution in [0.25, 0.3) is 10.9 Å². The van der Waals surface area contributed by atoms with Gasteiger partial charge in [0, 0.05) is 30.2 Å². The number of rotatable bonds is 7. The number of hydrogen-bond acceptors (Lipinski definition) is 4.